The summed E-state index contributed by atoms with van der Waals surface area (Å²) in [6, 6.07) is 6.88. The second-order valence-electron chi connectivity index (χ2n) is 4.77. The van der Waals surface area contributed by atoms with Crippen LogP contribution < -0.4 is 5.73 Å². The molecule has 0 amide bonds. The van der Waals surface area contributed by atoms with Gasteiger partial charge in [0.2, 0.25) is 10.0 Å². The minimum atomic E-state index is -3.49. The Morgan fingerprint density at radius 2 is 2.19 bits per heavy atom. The van der Waals surface area contributed by atoms with Crippen molar-refractivity contribution in [1.29, 1.82) is 0 Å². The molecule has 1 unspecified atom stereocenters. The van der Waals surface area contributed by atoms with Crippen LogP contribution in [0, 0.1) is 11.8 Å². The van der Waals surface area contributed by atoms with Crippen molar-refractivity contribution in [3.05, 3.63) is 29.8 Å². The van der Waals surface area contributed by atoms with E-state index in [4.69, 9.17) is 5.73 Å². The summed E-state index contributed by atoms with van der Waals surface area (Å²) in [6.45, 7) is 3.44. The molecular formula is C15H20N2O2S2. The van der Waals surface area contributed by atoms with E-state index in [-0.39, 0.29) is 11.4 Å². The summed E-state index contributed by atoms with van der Waals surface area (Å²) in [4.78, 5) is 0.285. The predicted octanol–water partition coefficient (Wildman–Crippen LogP) is 1.51. The number of rotatable bonds is 3. The van der Waals surface area contributed by atoms with Crippen molar-refractivity contribution >= 4 is 21.8 Å². The van der Waals surface area contributed by atoms with E-state index in [1.165, 1.54) is 0 Å². The first-order valence-electron chi connectivity index (χ1n) is 6.99. The highest BCUT2D eigenvalue weighted by atomic mass is 32.2. The summed E-state index contributed by atoms with van der Waals surface area (Å²) < 4.78 is 27.3. The van der Waals surface area contributed by atoms with Crippen LogP contribution >= 0.6 is 11.8 Å². The molecule has 0 radical (unpaired) electrons. The number of hydrogen-bond acceptors (Lipinski definition) is 4. The summed E-state index contributed by atoms with van der Waals surface area (Å²) in [7, 11) is -3.49. The average Bonchev–Trinajstić information content (AvgIpc) is 2.53. The zero-order valence-corrected chi connectivity index (χ0v) is 13.7. The Morgan fingerprint density at radius 1 is 1.43 bits per heavy atom. The molecule has 21 heavy (non-hydrogen) atoms. The van der Waals surface area contributed by atoms with Gasteiger partial charge in [-0.2, -0.15) is 16.1 Å². The standard InChI is InChI=1S/C15H20N2O2S2/c1-2-14-12-17(10-11-20-14)21(18,19)15-8-4-3-6-13(15)7-5-9-16/h3-4,6,8,14H,2,9-12,16H2,1H3. The molecule has 2 N–H and O–H groups in total. The maximum Gasteiger partial charge on any atom is 0.244 e. The molecule has 4 nitrogen and oxygen atoms in total. The summed E-state index contributed by atoms with van der Waals surface area (Å²) >= 11 is 1.85. The van der Waals surface area contributed by atoms with E-state index in [9.17, 15) is 8.42 Å². The molecule has 1 aromatic carbocycles. The molecule has 0 spiro atoms. The van der Waals surface area contributed by atoms with E-state index in [1.54, 1.807) is 28.6 Å². The number of hydrogen-bond donors (Lipinski definition) is 1. The highest BCUT2D eigenvalue weighted by Crippen LogP contribution is 2.27. The topological polar surface area (TPSA) is 63.4 Å². The fraction of sp³-hybridized carbons (Fsp3) is 0.467. The molecule has 1 aromatic rings. The van der Waals surface area contributed by atoms with Crippen molar-refractivity contribution in [3.8, 4) is 11.8 Å². The minimum absolute atomic E-state index is 0.215. The van der Waals surface area contributed by atoms with Gasteiger partial charge in [-0.25, -0.2) is 8.42 Å². The number of nitrogens with zero attached hydrogens (tertiary/aromatic N) is 1. The van der Waals surface area contributed by atoms with Crippen molar-refractivity contribution in [2.45, 2.75) is 23.5 Å². The maximum atomic E-state index is 12.9. The second-order valence-corrected chi connectivity index (χ2v) is 8.08. The lowest BCUT2D eigenvalue weighted by atomic mass is 10.2. The Labute approximate surface area is 131 Å². The van der Waals surface area contributed by atoms with Crippen LogP contribution in [0.2, 0.25) is 0 Å². The van der Waals surface area contributed by atoms with Gasteiger partial charge in [-0.05, 0) is 18.6 Å². The van der Waals surface area contributed by atoms with E-state index in [0.717, 1.165) is 12.2 Å². The van der Waals surface area contributed by atoms with E-state index in [0.29, 0.717) is 23.9 Å². The van der Waals surface area contributed by atoms with Gasteiger partial charge >= 0.3 is 0 Å². The monoisotopic (exact) mass is 324 g/mol. The van der Waals surface area contributed by atoms with Gasteiger partial charge in [-0.15, -0.1) is 0 Å². The maximum absolute atomic E-state index is 12.9. The molecule has 1 aliphatic rings. The zero-order valence-electron chi connectivity index (χ0n) is 12.1. The first-order valence-corrected chi connectivity index (χ1v) is 9.48. The third kappa shape index (κ3) is 3.80. The van der Waals surface area contributed by atoms with Crippen LogP contribution in [0.25, 0.3) is 0 Å². The Bertz CT molecular complexity index is 647. The SMILES string of the molecule is CCC1CN(S(=O)(=O)c2ccccc2C#CCN)CCS1. The van der Waals surface area contributed by atoms with Crippen LogP contribution in [0.1, 0.15) is 18.9 Å². The van der Waals surface area contributed by atoms with Gasteiger partial charge in [0.05, 0.1) is 11.4 Å². The first kappa shape index (κ1) is 16.4. The van der Waals surface area contributed by atoms with E-state index >= 15 is 0 Å². The normalized spacial score (nSPS) is 19.8. The molecule has 1 saturated heterocycles. The zero-order chi connectivity index (χ0) is 15.3. The van der Waals surface area contributed by atoms with E-state index < -0.39 is 10.0 Å². The van der Waals surface area contributed by atoms with Gasteiger partial charge in [0.15, 0.2) is 0 Å². The van der Waals surface area contributed by atoms with Gasteiger partial charge in [-0.1, -0.05) is 30.9 Å². The number of thioether (sulfide) groups is 1. The summed E-state index contributed by atoms with van der Waals surface area (Å²) in [6.07, 6.45) is 0.977. The van der Waals surface area contributed by atoms with Crippen molar-refractivity contribution in [2.24, 2.45) is 5.73 Å². The lowest BCUT2D eigenvalue weighted by molar-refractivity contribution is 0.416. The number of sulfonamides is 1. The molecule has 0 aromatic heterocycles. The van der Waals surface area contributed by atoms with Crippen molar-refractivity contribution < 1.29 is 8.42 Å². The van der Waals surface area contributed by atoms with Crippen molar-refractivity contribution in [1.82, 2.24) is 4.31 Å². The fourth-order valence-corrected chi connectivity index (χ4v) is 5.26. The van der Waals surface area contributed by atoms with Crippen molar-refractivity contribution in [2.75, 3.05) is 25.4 Å². The van der Waals surface area contributed by atoms with Crippen molar-refractivity contribution in [3.63, 3.8) is 0 Å². The Balaban J connectivity index is 2.35. The van der Waals surface area contributed by atoms with Crippen LogP contribution in [-0.4, -0.2) is 43.4 Å². The summed E-state index contributed by atoms with van der Waals surface area (Å²) in [5, 5.41) is 0.371. The van der Waals surface area contributed by atoms with Gasteiger partial charge < -0.3 is 5.73 Å². The molecule has 1 heterocycles. The Morgan fingerprint density at radius 3 is 2.90 bits per heavy atom. The van der Waals surface area contributed by atoms with Crippen LogP contribution in [-0.2, 0) is 10.0 Å². The average molecular weight is 324 g/mol. The molecule has 1 fully saturated rings. The quantitative estimate of drug-likeness (QED) is 0.856. The van der Waals surface area contributed by atoms with E-state index in [1.807, 2.05) is 11.8 Å². The fourth-order valence-electron chi connectivity index (χ4n) is 2.24. The molecular weight excluding hydrogens is 304 g/mol. The van der Waals surface area contributed by atoms with Crippen LogP contribution in [0.3, 0.4) is 0 Å². The number of benzene rings is 1. The molecule has 0 saturated carbocycles. The highest BCUT2D eigenvalue weighted by molar-refractivity contribution is 8.00. The third-order valence-corrected chi connectivity index (χ3v) is 6.68. The molecule has 6 heteroatoms. The van der Waals surface area contributed by atoms with Gasteiger partial charge in [0, 0.05) is 29.7 Å². The minimum Gasteiger partial charge on any atom is -0.320 e. The van der Waals surface area contributed by atoms with Crippen LogP contribution in [0.15, 0.2) is 29.2 Å². The number of nitrogens with two attached hydrogens (primary N) is 1. The molecule has 2 rings (SSSR count). The lowest BCUT2D eigenvalue weighted by Crippen LogP contribution is -2.41. The first-order chi connectivity index (χ1) is 10.1. The molecule has 114 valence electrons. The Kier molecular flexibility index (Phi) is 5.71. The summed E-state index contributed by atoms with van der Waals surface area (Å²) in [5.41, 5.74) is 5.90. The smallest absolute Gasteiger partial charge is 0.244 e. The highest BCUT2D eigenvalue weighted by Gasteiger charge is 2.31. The molecule has 0 aliphatic carbocycles. The largest absolute Gasteiger partial charge is 0.320 e. The Hall–Kier alpha value is -1.00. The third-order valence-electron chi connectivity index (χ3n) is 3.39. The lowest BCUT2D eigenvalue weighted by Gasteiger charge is -2.31. The summed E-state index contributed by atoms with van der Waals surface area (Å²) in [5.74, 6) is 6.43. The molecule has 1 aliphatic heterocycles. The van der Waals surface area contributed by atoms with E-state index in [2.05, 4.69) is 18.8 Å². The van der Waals surface area contributed by atoms with Gasteiger partial charge in [0.1, 0.15) is 0 Å². The predicted molar refractivity (Wildman–Crippen MR) is 87.7 cm³/mol. The van der Waals surface area contributed by atoms with Gasteiger partial charge in [-0.3, -0.25) is 0 Å². The van der Waals surface area contributed by atoms with Gasteiger partial charge in [0.25, 0.3) is 0 Å². The van der Waals surface area contributed by atoms with Crippen LogP contribution in [0.5, 0.6) is 0 Å². The molecule has 0 bridgehead atoms. The second kappa shape index (κ2) is 7.32. The van der Waals surface area contributed by atoms with Crippen LogP contribution in [0.4, 0.5) is 0 Å². The molecule has 1 atom stereocenters.